The van der Waals surface area contributed by atoms with Gasteiger partial charge in [0.1, 0.15) is 0 Å². The van der Waals surface area contributed by atoms with E-state index in [9.17, 15) is 18.0 Å². The summed E-state index contributed by atoms with van der Waals surface area (Å²) in [5.74, 6) is -0.694. The highest BCUT2D eigenvalue weighted by Crippen LogP contribution is 2.36. The van der Waals surface area contributed by atoms with E-state index in [0.29, 0.717) is 57.5 Å². The van der Waals surface area contributed by atoms with Gasteiger partial charge >= 0.3 is 0 Å². The molecular formula is C27H27ClN4O4S. The van der Waals surface area contributed by atoms with E-state index in [1.807, 2.05) is 13.8 Å². The van der Waals surface area contributed by atoms with Crippen LogP contribution in [0.4, 0.5) is 5.69 Å². The molecule has 2 aliphatic rings. The highest BCUT2D eigenvalue weighted by Gasteiger charge is 2.30. The summed E-state index contributed by atoms with van der Waals surface area (Å²) in [7, 11) is -3.73. The summed E-state index contributed by atoms with van der Waals surface area (Å²) < 4.78 is 26.4. The molecule has 1 atom stereocenters. The van der Waals surface area contributed by atoms with Gasteiger partial charge in [0.05, 0.1) is 21.8 Å². The molecule has 0 aliphatic carbocycles. The van der Waals surface area contributed by atoms with Crippen LogP contribution in [-0.2, 0) is 20.4 Å². The van der Waals surface area contributed by atoms with Gasteiger partial charge in [0.15, 0.2) is 9.84 Å². The van der Waals surface area contributed by atoms with Crippen molar-refractivity contribution >= 4 is 50.6 Å². The van der Waals surface area contributed by atoms with Crippen molar-refractivity contribution in [2.24, 2.45) is 5.73 Å². The van der Waals surface area contributed by atoms with Crippen LogP contribution < -0.4 is 11.1 Å². The number of H-pyrrole nitrogens is 1. The Morgan fingerprint density at radius 2 is 1.97 bits per heavy atom. The number of sulfone groups is 1. The molecule has 5 rings (SSSR count). The number of hydrogen-bond acceptors (Lipinski definition) is 5. The van der Waals surface area contributed by atoms with Crippen molar-refractivity contribution in [1.82, 2.24) is 9.88 Å². The summed E-state index contributed by atoms with van der Waals surface area (Å²) in [5.41, 5.74) is 10.4. The smallest absolute Gasteiger partial charge is 0.256 e. The fourth-order valence-corrected chi connectivity index (χ4v) is 6.60. The summed E-state index contributed by atoms with van der Waals surface area (Å²) in [4.78, 5) is 31.1. The predicted molar refractivity (Wildman–Crippen MR) is 144 cm³/mol. The van der Waals surface area contributed by atoms with Gasteiger partial charge in [-0.3, -0.25) is 9.59 Å². The number of rotatable bonds is 5. The van der Waals surface area contributed by atoms with Crippen LogP contribution in [0.5, 0.6) is 0 Å². The first-order chi connectivity index (χ1) is 17.5. The van der Waals surface area contributed by atoms with E-state index >= 15 is 0 Å². The number of halogens is 1. The Kier molecular flexibility index (Phi) is 6.47. The Morgan fingerprint density at radius 1 is 1.22 bits per heavy atom. The lowest BCUT2D eigenvalue weighted by atomic mass is 10.0. The number of hydrogen-bond donors (Lipinski definition) is 3. The van der Waals surface area contributed by atoms with Crippen molar-refractivity contribution in [2.75, 3.05) is 18.4 Å². The molecule has 1 fully saturated rings. The molecule has 0 unspecified atom stereocenters. The van der Waals surface area contributed by atoms with Crippen LogP contribution >= 0.6 is 11.6 Å². The maximum absolute atomic E-state index is 13.2. The number of aryl methyl sites for hydroxylation is 1. The van der Waals surface area contributed by atoms with Crippen LogP contribution in [-0.4, -0.2) is 49.2 Å². The summed E-state index contributed by atoms with van der Waals surface area (Å²) in [6.07, 6.45) is 2.43. The zero-order chi connectivity index (χ0) is 26.5. The first kappa shape index (κ1) is 25.3. The van der Waals surface area contributed by atoms with Gasteiger partial charge in [0.2, 0.25) is 0 Å². The second kappa shape index (κ2) is 9.48. The van der Waals surface area contributed by atoms with E-state index < -0.39 is 9.84 Å². The van der Waals surface area contributed by atoms with E-state index in [-0.39, 0.29) is 28.5 Å². The van der Waals surface area contributed by atoms with Crippen molar-refractivity contribution in [3.8, 4) is 0 Å². The number of carbonyl (C=O) groups is 2. The fraction of sp³-hybridized carbons (Fsp3) is 0.259. The molecule has 192 valence electrons. The zero-order valence-electron chi connectivity index (χ0n) is 20.5. The largest absolute Gasteiger partial charge is 0.358 e. The molecule has 1 saturated heterocycles. The summed E-state index contributed by atoms with van der Waals surface area (Å²) in [6.45, 7) is 4.78. The van der Waals surface area contributed by atoms with Crippen LogP contribution in [0.25, 0.3) is 11.6 Å². The third-order valence-corrected chi connectivity index (χ3v) is 8.96. The molecule has 0 saturated carbocycles. The molecule has 37 heavy (non-hydrogen) atoms. The number of likely N-dealkylation sites (tertiary alicyclic amines) is 1. The van der Waals surface area contributed by atoms with Gasteiger partial charge in [-0.15, -0.1) is 0 Å². The fourth-order valence-electron chi connectivity index (χ4n) is 4.92. The second-order valence-corrected chi connectivity index (χ2v) is 11.9. The average Bonchev–Trinajstić information content (AvgIpc) is 3.50. The van der Waals surface area contributed by atoms with Crippen LogP contribution in [0.3, 0.4) is 0 Å². The Balaban J connectivity index is 1.50. The number of fused-ring (bicyclic) bond motifs is 1. The highest BCUT2D eigenvalue weighted by atomic mass is 35.5. The Hall–Kier alpha value is -3.40. The predicted octanol–water partition coefficient (Wildman–Crippen LogP) is 3.92. The number of benzene rings is 2. The second-order valence-electron chi connectivity index (χ2n) is 9.53. The minimum absolute atomic E-state index is 0.0211. The number of nitrogens with zero attached hydrogens (tertiary/aromatic N) is 1. The van der Waals surface area contributed by atoms with Gasteiger partial charge in [-0.25, -0.2) is 8.42 Å². The molecule has 2 aromatic carbocycles. The zero-order valence-corrected chi connectivity index (χ0v) is 22.0. The molecule has 2 aliphatic heterocycles. The average molecular weight is 539 g/mol. The summed E-state index contributed by atoms with van der Waals surface area (Å²) >= 11 is 6.18. The monoisotopic (exact) mass is 538 g/mol. The van der Waals surface area contributed by atoms with E-state index in [1.165, 1.54) is 12.1 Å². The standard InChI is InChI=1S/C27H27ClN4O4S/c1-15-24(30-16(2)25(15)27(34)32-10-9-18(29)13-32)12-21-20-11-19(7-8-23(20)31-26(21)33)37(35,36)14-17-5-3-4-6-22(17)28/h3-8,11-12,18,30H,9-10,13-14,29H2,1-2H3,(H,31,33)/b21-12-/t18-/m1/s1. The van der Waals surface area contributed by atoms with Gasteiger partial charge in [-0.05, 0) is 61.7 Å². The lowest BCUT2D eigenvalue weighted by Crippen LogP contribution is -2.32. The Morgan fingerprint density at radius 3 is 2.68 bits per heavy atom. The lowest BCUT2D eigenvalue weighted by Gasteiger charge is -2.16. The molecule has 2 amide bonds. The normalized spacial score (nSPS) is 18.4. The van der Waals surface area contributed by atoms with Crippen molar-refractivity contribution in [3.05, 3.63) is 81.1 Å². The molecule has 10 heteroatoms. The van der Waals surface area contributed by atoms with Gasteiger partial charge in [-0.2, -0.15) is 0 Å². The highest BCUT2D eigenvalue weighted by molar-refractivity contribution is 7.90. The molecule has 3 heterocycles. The van der Waals surface area contributed by atoms with Crippen molar-refractivity contribution < 1.29 is 18.0 Å². The summed E-state index contributed by atoms with van der Waals surface area (Å²) in [5, 5.41) is 3.17. The number of nitrogens with one attached hydrogen (secondary N) is 2. The SMILES string of the molecule is Cc1[nH]c(/C=C2\C(=O)Nc3ccc(S(=O)(=O)Cc4ccccc4Cl)cc32)c(C)c1C(=O)N1CC[C@@H](N)C1. The maximum Gasteiger partial charge on any atom is 0.256 e. The van der Waals surface area contributed by atoms with E-state index in [0.717, 1.165) is 12.0 Å². The minimum Gasteiger partial charge on any atom is -0.358 e. The van der Waals surface area contributed by atoms with Crippen LogP contribution in [0.1, 0.15) is 44.9 Å². The number of nitrogens with two attached hydrogens (primary N) is 1. The lowest BCUT2D eigenvalue weighted by molar-refractivity contribution is -0.110. The number of aromatic nitrogens is 1. The van der Waals surface area contributed by atoms with E-state index in [1.54, 1.807) is 41.3 Å². The molecule has 4 N–H and O–H groups in total. The molecule has 3 aromatic rings. The van der Waals surface area contributed by atoms with Crippen LogP contribution in [0.2, 0.25) is 5.02 Å². The van der Waals surface area contributed by atoms with E-state index in [2.05, 4.69) is 10.3 Å². The number of carbonyl (C=O) groups excluding carboxylic acids is 2. The number of amides is 2. The van der Waals surface area contributed by atoms with Crippen LogP contribution in [0, 0.1) is 13.8 Å². The molecule has 0 bridgehead atoms. The van der Waals surface area contributed by atoms with Gasteiger partial charge in [0, 0.05) is 46.8 Å². The Labute approximate surface area is 220 Å². The van der Waals surface area contributed by atoms with Crippen molar-refractivity contribution in [2.45, 2.75) is 37.0 Å². The van der Waals surface area contributed by atoms with Gasteiger partial charge in [-0.1, -0.05) is 29.8 Å². The van der Waals surface area contributed by atoms with Gasteiger partial charge < -0.3 is 20.9 Å². The summed E-state index contributed by atoms with van der Waals surface area (Å²) in [6, 6.07) is 11.4. The van der Waals surface area contributed by atoms with Crippen LogP contribution in [0.15, 0.2) is 47.4 Å². The number of anilines is 1. The third-order valence-electron chi connectivity index (χ3n) is 6.93. The molecule has 0 spiro atoms. The first-order valence-electron chi connectivity index (χ1n) is 11.9. The van der Waals surface area contributed by atoms with Gasteiger partial charge in [0.25, 0.3) is 11.8 Å². The molecule has 1 aromatic heterocycles. The maximum atomic E-state index is 13.2. The number of aromatic amines is 1. The first-order valence-corrected chi connectivity index (χ1v) is 14.0. The molecule has 0 radical (unpaired) electrons. The Bertz CT molecular complexity index is 1570. The minimum atomic E-state index is -3.73. The third kappa shape index (κ3) is 4.70. The van der Waals surface area contributed by atoms with Crippen molar-refractivity contribution in [3.63, 3.8) is 0 Å². The topological polar surface area (TPSA) is 125 Å². The molecule has 8 nitrogen and oxygen atoms in total. The quantitative estimate of drug-likeness (QED) is 0.424. The molecular weight excluding hydrogens is 512 g/mol. The van der Waals surface area contributed by atoms with Crippen molar-refractivity contribution in [1.29, 1.82) is 0 Å². The van der Waals surface area contributed by atoms with E-state index in [4.69, 9.17) is 17.3 Å².